The molecule has 2 aromatic carbocycles. The Morgan fingerprint density at radius 3 is 2.76 bits per heavy atom. The molecule has 1 atom stereocenters. The number of hydrogen-bond acceptors (Lipinski definition) is 3. The number of likely N-dealkylation sites (N-methyl/N-ethyl adjacent to an activating group) is 1. The molecule has 3 rings (SSSR count). The van der Waals surface area contributed by atoms with Gasteiger partial charge in [-0.3, -0.25) is 0 Å². The number of nitrogens with one attached hydrogen (secondary N) is 1. The maximum absolute atomic E-state index is 6.18. The van der Waals surface area contributed by atoms with E-state index in [1.165, 1.54) is 15.8 Å². The van der Waals surface area contributed by atoms with Gasteiger partial charge in [0.05, 0.1) is 15.2 Å². The maximum atomic E-state index is 6.18. The molecule has 1 heterocycles. The van der Waals surface area contributed by atoms with Gasteiger partial charge in [-0.2, -0.15) is 0 Å². The van der Waals surface area contributed by atoms with Gasteiger partial charge in [-0.1, -0.05) is 29.8 Å². The highest BCUT2D eigenvalue weighted by Gasteiger charge is 2.14. The molecule has 108 valence electrons. The van der Waals surface area contributed by atoms with Crippen LogP contribution in [0.25, 0.3) is 10.2 Å². The molecule has 0 aliphatic rings. The van der Waals surface area contributed by atoms with Gasteiger partial charge in [-0.05, 0) is 49.4 Å². The Morgan fingerprint density at radius 1 is 1.24 bits per heavy atom. The molecule has 2 nitrogen and oxygen atoms in total. The van der Waals surface area contributed by atoms with E-state index >= 15 is 0 Å². The lowest BCUT2D eigenvalue weighted by Gasteiger charge is -2.16. The summed E-state index contributed by atoms with van der Waals surface area (Å²) in [6, 6.07) is 14.7. The van der Waals surface area contributed by atoms with E-state index in [2.05, 4.69) is 36.5 Å². The number of hydrogen-bond donors (Lipinski definition) is 1. The quantitative estimate of drug-likeness (QED) is 0.750. The molecule has 1 aromatic heterocycles. The Hall–Kier alpha value is -1.42. The van der Waals surface area contributed by atoms with Crippen molar-refractivity contribution < 1.29 is 0 Å². The number of fused-ring (bicyclic) bond motifs is 1. The molecule has 0 saturated heterocycles. The van der Waals surface area contributed by atoms with E-state index in [1.54, 1.807) is 11.3 Å². The van der Waals surface area contributed by atoms with E-state index < -0.39 is 0 Å². The number of thiazole rings is 1. The molecule has 0 saturated carbocycles. The van der Waals surface area contributed by atoms with Crippen LogP contribution in [0.2, 0.25) is 5.02 Å². The third-order valence-electron chi connectivity index (χ3n) is 3.53. The minimum atomic E-state index is 0.225. The van der Waals surface area contributed by atoms with Gasteiger partial charge in [0.15, 0.2) is 0 Å². The van der Waals surface area contributed by atoms with Gasteiger partial charge in [-0.15, -0.1) is 11.3 Å². The lowest BCUT2D eigenvalue weighted by atomic mass is 10.0. The van der Waals surface area contributed by atoms with Crippen molar-refractivity contribution in [2.24, 2.45) is 0 Å². The standard InChI is InChI=1S/C17H17ClN2S/c1-11-7-12(9-13(18)8-11)15(19-2)10-17-20-14-5-3-4-6-16(14)21-17/h3-9,15,19H,10H2,1-2H3. The Bertz CT molecular complexity index is 713. The van der Waals surface area contributed by atoms with Crippen LogP contribution in [0.5, 0.6) is 0 Å². The van der Waals surface area contributed by atoms with Gasteiger partial charge >= 0.3 is 0 Å². The Labute approximate surface area is 133 Å². The molecule has 21 heavy (non-hydrogen) atoms. The highest BCUT2D eigenvalue weighted by Crippen LogP contribution is 2.27. The zero-order chi connectivity index (χ0) is 14.8. The van der Waals surface area contributed by atoms with E-state index in [-0.39, 0.29) is 6.04 Å². The summed E-state index contributed by atoms with van der Waals surface area (Å²) in [7, 11) is 1.98. The van der Waals surface area contributed by atoms with E-state index in [0.717, 1.165) is 22.0 Å². The molecule has 1 unspecified atom stereocenters. The fourth-order valence-corrected chi connectivity index (χ4v) is 3.85. The fraction of sp³-hybridized carbons (Fsp3) is 0.235. The van der Waals surface area contributed by atoms with Crippen molar-refractivity contribution in [2.45, 2.75) is 19.4 Å². The van der Waals surface area contributed by atoms with Gasteiger partial charge in [-0.25, -0.2) is 4.98 Å². The summed E-state index contributed by atoms with van der Waals surface area (Å²) in [6.45, 7) is 2.07. The van der Waals surface area contributed by atoms with Gasteiger partial charge in [0.1, 0.15) is 0 Å². The second-order valence-corrected chi connectivity index (χ2v) is 6.73. The van der Waals surface area contributed by atoms with Crippen LogP contribution in [0, 0.1) is 6.92 Å². The molecule has 0 bridgehead atoms. The topological polar surface area (TPSA) is 24.9 Å². The number of halogens is 1. The lowest BCUT2D eigenvalue weighted by Crippen LogP contribution is -2.18. The molecule has 0 radical (unpaired) electrons. The average Bonchev–Trinajstić information content (AvgIpc) is 2.86. The maximum Gasteiger partial charge on any atom is 0.0957 e. The van der Waals surface area contributed by atoms with Crippen LogP contribution >= 0.6 is 22.9 Å². The number of rotatable bonds is 4. The summed E-state index contributed by atoms with van der Waals surface area (Å²) in [4.78, 5) is 4.72. The first-order valence-electron chi connectivity index (χ1n) is 6.94. The van der Waals surface area contributed by atoms with E-state index in [0.29, 0.717) is 0 Å². The molecular weight excluding hydrogens is 300 g/mol. The smallest absolute Gasteiger partial charge is 0.0957 e. The van der Waals surface area contributed by atoms with Gasteiger partial charge in [0, 0.05) is 17.5 Å². The highest BCUT2D eigenvalue weighted by molar-refractivity contribution is 7.18. The SMILES string of the molecule is CNC(Cc1nc2ccccc2s1)c1cc(C)cc(Cl)c1. The molecular formula is C17H17ClN2S. The summed E-state index contributed by atoms with van der Waals surface area (Å²) in [5.41, 5.74) is 3.47. The highest BCUT2D eigenvalue weighted by atomic mass is 35.5. The van der Waals surface area contributed by atoms with Crippen molar-refractivity contribution in [3.63, 3.8) is 0 Å². The van der Waals surface area contributed by atoms with Crippen LogP contribution in [0.1, 0.15) is 22.2 Å². The Kier molecular flexibility index (Phi) is 4.24. The predicted octanol–water partition coefficient (Wildman–Crippen LogP) is 4.76. The van der Waals surface area contributed by atoms with Crippen LogP contribution in [0.15, 0.2) is 42.5 Å². The zero-order valence-corrected chi connectivity index (χ0v) is 13.6. The van der Waals surface area contributed by atoms with Crippen molar-refractivity contribution in [1.82, 2.24) is 10.3 Å². The lowest BCUT2D eigenvalue weighted by molar-refractivity contribution is 0.590. The van der Waals surface area contributed by atoms with Crippen molar-refractivity contribution in [1.29, 1.82) is 0 Å². The van der Waals surface area contributed by atoms with Gasteiger partial charge < -0.3 is 5.32 Å². The molecule has 0 aliphatic carbocycles. The number of benzene rings is 2. The van der Waals surface area contributed by atoms with E-state index in [9.17, 15) is 0 Å². The average molecular weight is 317 g/mol. The first-order valence-corrected chi connectivity index (χ1v) is 8.14. The molecule has 0 fully saturated rings. The number of nitrogens with zero attached hydrogens (tertiary/aromatic N) is 1. The Balaban J connectivity index is 1.89. The van der Waals surface area contributed by atoms with E-state index in [1.807, 2.05) is 25.2 Å². The predicted molar refractivity (Wildman–Crippen MR) is 91.3 cm³/mol. The Morgan fingerprint density at radius 2 is 2.05 bits per heavy atom. The van der Waals surface area contributed by atoms with Gasteiger partial charge in [0.25, 0.3) is 0 Å². The van der Waals surface area contributed by atoms with Crippen molar-refractivity contribution in [3.05, 3.63) is 63.6 Å². The second kappa shape index (κ2) is 6.14. The third-order valence-corrected chi connectivity index (χ3v) is 4.81. The van der Waals surface area contributed by atoms with Crippen LogP contribution < -0.4 is 5.32 Å². The normalized spacial score (nSPS) is 12.7. The minimum Gasteiger partial charge on any atom is -0.313 e. The fourth-order valence-electron chi connectivity index (χ4n) is 2.53. The molecule has 0 amide bonds. The third kappa shape index (κ3) is 3.26. The zero-order valence-electron chi connectivity index (χ0n) is 12.1. The largest absolute Gasteiger partial charge is 0.313 e. The summed E-state index contributed by atoms with van der Waals surface area (Å²) in [5.74, 6) is 0. The molecule has 0 aliphatic heterocycles. The van der Waals surface area contributed by atoms with Crippen LogP contribution in [0.3, 0.4) is 0 Å². The summed E-state index contributed by atoms with van der Waals surface area (Å²) in [5, 5.41) is 5.31. The van der Waals surface area contributed by atoms with Crippen molar-refractivity contribution >= 4 is 33.2 Å². The van der Waals surface area contributed by atoms with Crippen molar-refractivity contribution in [3.8, 4) is 0 Å². The second-order valence-electron chi connectivity index (χ2n) is 5.18. The number of para-hydroxylation sites is 1. The molecule has 4 heteroatoms. The van der Waals surface area contributed by atoms with Crippen LogP contribution in [-0.4, -0.2) is 12.0 Å². The molecule has 3 aromatic rings. The van der Waals surface area contributed by atoms with Gasteiger partial charge in [0.2, 0.25) is 0 Å². The first kappa shape index (κ1) is 14.5. The summed E-state index contributed by atoms with van der Waals surface area (Å²) >= 11 is 7.94. The first-order chi connectivity index (χ1) is 10.2. The van der Waals surface area contributed by atoms with Crippen LogP contribution in [-0.2, 0) is 6.42 Å². The number of aryl methyl sites for hydroxylation is 1. The minimum absolute atomic E-state index is 0.225. The van der Waals surface area contributed by atoms with Crippen LogP contribution in [0.4, 0.5) is 0 Å². The number of aromatic nitrogens is 1. The van der Waals surface area contributed by atoms with E-state index in [4.69, 9.17) is 16.6 Å². The molecule has 1 N–H and O–H groups in total. The monoisotopic (exact) mass is 316 g/mol. The van der Waals surface area contributed by atoms with Crippen molar-refractivity contribution in [2.75, 3.05) is 7.05 Å². The summed E-state index contributed by atoms with van der Waals surface area (Å²) < 4.78 is 1.24. The molecule has 0 spiro atoms. The summed E-state index contributed by atoms with van der Waals surface area (Å²) in [6.07, 6.45) is 0.871.